The molecule has 5 nitrogen and oxygen atoms in total. The van der Waals surface area contributed by atoms with E-state index in [1.807, 2.05) is 63.2 Å². The summed E-state index contributed by atoms with van der Waals surface area (Å²) in [6.45, 7) is 7.37. The van der Waals surface area contributed by atoms with Crippen molar-refractivity contribution < 1.29 is 9.59 Å². The zero-order chi connectivity index (χ0) is 24.0. The second kappa shape index (κ2) is 11.5. The Hall–Kier alpha value is -1.89. The summed E-state index contributed by atoms with van der Waals surface area (Å²) >= 11 is 9.92. The van der Waals surface area contributed by atoms with Gasteiger partial charge < -0.3 is 16.0 Å². The van der Waals surface area contributed by atoms with E-state index in [1.54, 1.807) is 0 Å². The van der Waals surface area contributed by atoms with Gasteiger partial charge in [0.2, 0.25) is 11.8 Å². The van der Waals surface area contributed by atoms with Crippen LogP contribution >= 0.6 is 27.5 Å². The molecule has 2 amide bonds. The van der Waals surface area contributed by atoms with Gasteiger partial charge in [-0.2, -0.15) is 0 Å². The van der Waals surface area contributed by atoms with Crippen molar-refractivity contribution in [2.75, 3.05) is 13.1 Å². The molecular formula is C26H33BrClN3O2. The van der Waals surface area contributed by atoms with E-state index in [9.17, 15) is 9.59 Å². The van der Waals surface area contributed by atoms with Gasteiger partial charge in [0.25, 0.3) is 0 Å². The summed E-state index contributed by atoms with van der Waals surface area (Å²) in [6.07, 6.45) is 3.16. The zero-order valence-corrected chi connectivity index (χ0v) is 21.9. The second-order valence-corrected chi connectivity index (χ2v) is 10.7. The van der Waals surface area contributed by atoms with Gasteiger partial charge in [-0.25, -0.2) is 0 Å². The fourth-order valence-electron chi connectivity index (χ4n) is 4.10. The molecule has 0 radical (unpaired) electrons. The fraction of sp³-hybridized carbons (Fsp3) is 0.462. The molecule has 0 unspecified atom stereocenters. The standard InChI is InChI=1S/C26H33BrClN3O2/c1-17-6-12-21(22(28)15-17)26(2,3)25(33)31-23(13-9-18-7-10-19(27)11-8-18)24(32)30-20-5-4-14-29-16-20/h6-8,10-12,15,20,23,29H,4-5,9,13-14,16H2,1-3H3,(H,30,32)(H,31,33)/t20-,23+/m1/s1. The first-order valence-electron chi connectivity index (χ1n) is 11.5. The Morgan fingerprint density at radius 3 is 2.58 bits per heavy atom. The van der Waals surface area contributed by atoms with Crippen molar-refractivity contribution >= 4 is 39.3 Å². The van der Waals surface area contributed by atoms with E-state index in [1.165, 1.54) is 0 Å². The van der Waals surface area contributed by atoms with Crippen LogP contribution < -0.4 is 16.0 Å². The number of halogens is 2. The molecule has 33 heavy (non-hydrogen) atoms. The smallest absolute Gasteiger partial charge is 0.242 e. The van der Waals surface area contributed by atoms with Crippen LogP contribution in [0.25, 0.3) is 0 Å². The van der Waals surface area contributed by atoms with Gasteiger partial charge >= 0.3 is 0 Å². The van der Waals surface area contributed by atoms with Crippen LogP contribution in [0.1, 0.15) is 49.8 Å². The third-order valence-electron chi connectivity index (χ3n) is 6.27. The van der Waals surface area contributed by atoms with Gasteiger partial charge in [0.1, 0.15) is 6.04 Å². The molecule has 2 aromatic carbocycles. The molecule has 2 atom stereocenters. The molecule has 7 heteroatoms. The average Bonchev–Trinajstić information content (AvgIpc) is 2.77. The largest absolute Gasteiger partial charge is 0.350 e. The Kier molecular flexibility index (Phi) is 8.96. The highest BCUT2D eigenvalue weighted by molar-refractivity contribution is 9.10. The molecular weight excluding hydrogens is 502 g/mol. The normalized spacial score (nSPS) is 17.3. The molecule has 178 valence electrons. The number of piperidine rings is 1. The maximum atomic E-state index is 13.4. The van der Waals surface area contributed by atoms with Gasteiger partial charge in [-0.05, 0) is 87.9 Å². The van der Waals surface area contributed by atoms with Gasteiger partial charge in [0.05, 0.1) is 5.41 Å². The molecule has 0 aliphatic carbocycles. The van der Waals surface area contributed by atoms with E-state index >= 15 is 0 Å². The number of hydrogen-bond donors (Lipinski definition) is 3. The summed E-state index contributed by atoms with van der Waals surface area (Å²) in [5, 5.41) is 10.0. The maximum absolute atomic E-state index is 13.4. The molecule has 1 heterocycles. The molecule has 0 aromatic heterocycles. The quantitative estimate of drug-likeness (QED) is 0.461. The van der Waals surface area contributed by atoms with Crippen molar-refractivity contribution in [1.29, 1.82) is 0 Å². The molecule has 0 bridgehead atoms. The van der Waals surface area contributed by atoms with Gasteiger partial charge in [-0.1, -0.05) is 51.8 Å². The molecule has 3 N–H and O–H groups in total. The highest BCUT2D eigenvalue weighted by Gasteiger charge is 2.35. The van der Waals surface area contributed by atoms with Gasteiger partial charge in [0, 0.05) is 22.1 Å². The Balaban J connectivity index is 1.75. The van der Waals surface area contributed by atoms with E-state index in [2.05, 4.69) is 31.9 Å². The van der Waals surface area contributed by atoms with Crippen molar-refractivity contribution in [1.82, 2.24) is 16.0 Å². The number of amides is 2. The van der Waals surface area contributed by atoms with E-state index < -0.39 is 11.5 Å². The highest BCUT2D eigenvalue weighted by atomic mass is 79.9. The van der Waals surface area contributed by atoms with Crippen LogP contribution in [0.4, 0.5) is 0 Å². The number of carbonyl (C=O) groups excluding carboxylic acids is 2. The Morgan fingerprint density at radius 2 is 1.94 bits per heavy atom. The highest BCUT2D eigenvalue weighted by Crippen LogP contribution is 2.31. The monoisotopic (exact) mass is 533 g/mol. The van der Waals surface area contributed by atoms with Crippen molar-refractivity contribution in [2.24, 2.45) is 0 Å². The minimum atomic E-state index is -0.882. The molecule has 3 rings (SSSR count). The lowest BCUT2D eigenvalue weighted by Gasteiger charge is -2.30. The maximum Gasteiger partial charge on any atom is 0.242 e. The van der Waals surface area contributed by atoms with Crippen LogP contribution in [-0.4, -0.2) is 37.0 Å². The third kappa shape index (κ3) is 7.05. The van der Waals surface area contributed by atoms with Crippen molar-refractivity contribution in [3.8, 4) is 0 Å². The van der Waals surface area contributed by atoms with Crippen LogP contribution in [0.2, 0.25) is 5.02 Å². The molecule has 1 aliphatic rings. The number of carbonyl (C=O) groups is 2. The number of rotatable bonds is 8. The van der Waals surface area contributed by atoms with E-state index in [0.717, 1.165) is 47.1 Å². The minimum Gasteiger partial charge on any atom is -0.350 e. The molecule has 1 saturated heterocycles. The molecule has 1 aliphatic heterocycles. The molecule has 0 spiro atoms. The Bertz CT molecular complexity index is 972. The fourth-order valence-corrected chi connectivity index (χ4v) is 4.83. The number of nitrogens with one attached hydrogen (secondary N) is 3. The van der Waals surface area contributed by atoms with Gasteiger partial charge in [-0.15, -0.1) is 0 Å². The first kappa shape index (κ1) is 25.7. The Morgan fingerprint density at radius 1 is 1.21 bits per heavy atom. The van der Waals surface area contributed by atoms with Crippen LogP contribution in [0, 0.1) is 6.92 Å². The van der Waals surface area contributed by atoms with Crippen molar-refractivity contribution in [2.45, 2.75) is 64.0 Å². The molecule has 0 saturated carbocycles. The lowest BCUT2D eigenvalue weighted by Crippen LogP contribution is -2.55. The summed E-state index contributed by atoms with van der Waals surface area (Å²) in [5.74, 6) is -0.356. The van der Waals surface area contributed by atoms with Crippen molar-refractivity contribution in [3.63, 3.8) is 0 Å². The summed E-state index contributed by atoms with van der Waals surface area (Å²) in [7, 11) is 0. The van der Waals surface area contributed by atoms with E-state index in [4.69, 9.17) is 11.6 Å². The van der Waals surface area contributed by atoms with Crippen LogP contribution in [0.3, 0.4) is 0 Å². The lowest BCUT2D eigenvalue weighted by atomic mass is 9.83. The van der Waals surface area contributed by atoms with Crippen molar-refractivity contribution in [3.05, 3.63) is 68.7 Å². The number of hydrogen-bond acceptors (Lipinski definition) is 3. The summed E-state index contributed by atoms with van der Waals surface area (Å²) in [4.78, 5) is 26.6. The van der Waals surface area contributed by atoms with Crippen LogP contribution in [-0.2, 0) is 21.4 Å². The van der Waals surface area contributed by atoms with E-state index in [-0.39, 0.29) is 17.9 Å². The first-order valence-corrected chi connectivity index (χ1v) is 12.7. The number of benzene rings is 2. The van der Waals surface area contributed by atoms with Crippen LogP contribution in [0.5, 0.6) is 0 Å². The first-order chi connectivity index (χ1) is 15.7. The van der Waals surface area contributed by atoms with Crippen LogP contribution in [0.15, 0.2) is 46.9 Å². The van der Waals surface area contributed by atoms with Gasteiger partial charge in [-0.3, -0.25) is 9.59 Å². The predicted molar refractivity (Wildman–Crippen MR) is 138 cm³/mol. The lowest BCUT2D eigenvalue weighted by molar-refractivity contribution is -0.132. The second-order valence-electron chi connectivity index (χ2n) is 9.35. The number of aryl methyl sites for hydroxylation is 2. The van der Waals surface area contributed by atoms with E-state index in [0.29, 0.717) is 17.9 Å². The summed E-state index contributed by atoms with van der Waals surface area (Å²) in [6, 6.07) is 13.2. The average molecular weight is 535 g/mol. The zero-order valence-electron chi connectivity index (χ0n) is 19.5. The minimum absolute atomic E-state index is 0.0814. The SMILES string of the molecule is Cc1ccc(C(C)(C)C(=O)N[C@@H](CCc2ccc(Br)cc2)C(=O)N[C@@H]2CCCNC2)c(Cl)c1. The Labute approximate surface area is 210 Å². The topological polar surface area (TPSA) is 70.2 Å². The summed E-state index contributed by atoms with van der Waals surface area (Å²) in [5.41, 5.74) is 2.02. The van der Waals surface area contributed by atoms with Gasteiger partial charge in [0.15, 0.2) is 0 Å². The molecule has 1 fully saturated rings. The third-order valence-corrected chi connectivity index (χ3v) is 7.11. The summed E-state index contributed by atoms with van der Waals surface area (Å²) < 4.78 is 1.01. The molecule has 2 aromatic rings. The predicted octanol–water partition coefficient (Wildman–Crippen LogP) is 4.67.